The van der Waals surface area contributed by atoms with Crippen molar-refractivity contribution in [3.05, 3.63) is 70.5 Å². The van der Waals surface area contributed by atoms with Crippen LogP contribution < -0.4 is 9.80 Å². The lowest BCUT2D eigenvalue weighted by Crippen LogP contribution is -2.47. The van der Waals surface area contributed by atoms with E-state index in [0.29, 0.717) is 0 Å². The minimum Gasteiger partial charge on any atom is -0.353 e. The van der Waals surface area contributed by atoms with Crippen molar-refractivity contribution in [3.8, 4) is 9.88 Å². The molecule has 4 aromatic rings. The lowest BCUT2D eigenvalue weighted by Gasteiger charge is -2.36. The number of aryl methyl sites for hydroxylation is 2. The van der Waals surface area contributed by atoms with Gasteiger partial charge in [0.25, 0.3) is 0 Å². The minimum atomic E-state index is 0.830. The van der Waals surface area contributed by atoms with E-state index in [-0.39, 0.29) is 0 Å². The maximum atomic E-state index is 4.86. The molecule has 158 valence electrons. The molecule has 0 radical (unpaired) electrons. The summed E-state index contributed by atoms with van der Waals surface area (Å²) in [5, 5.41) is 12.9. The standard InChI is InChI=1S/C23H24N6S2/c1-16-19(15-18-7-4-3-5-8-18)21(25-17(2)24-16)28-10-12-29(13-11-28)23-27-26-22(31-23)20-9-6-14-30-20/h3-9,14H,10-13,15H2,1-2H3. The lowest BCUT2D eigenvalue weighted by atomic mass is 10.0. The fourth-order valence-corrected chi connectivity index (χ4v) is 5.63. The van der Waals surface area contributed by atoms with Gasteiger partial charge in [0.05, 0.1) is 4.88 Å². The van der Waals surface area contributed by atoms with Gasteiger partial charge < -0.3 is 9.80 Å². The Morgan fingerprint density at radius 1 is 0.871 bits per heavy atom. The van der Waals surface area contributed by atoms with Gasteiger partial charge in [-0.1, -0.05) is 47.7 Å². The molecule has 0 bridgehead atoms. The molecule has 31 heavy (non-hydrogen) atoms. The monoisotopic (exact) mass is 448 g/mol. The number of anilines is 2. The SMILES string of the molecule is Cc1nc(C)c(Cc2ccccc2)c(N2CCN(c3nnc(-c4cccs4)s3)CC2)n1. The summed E-state index contributed by atoms with van der Waals surface area (Å²) in [7, 11) is 0. The summed E-state index contributed by atoms with van der Waals surface area (Å²) in [6.07, 6.45) is 0.850. The molecule has 0 atom stereocenters. The number of rotatable bonds is 5. The van der Waals surface area contributed by atoms with Gasteiger partial charge in [-0.2, -0.15) is 0 Å². The second-order valence-corrected chi connectivity index (χ2v) is 9.57. The molecular weight excluding hydrogens is 424 g/mol. The summed E-state index contributed by atoms with van der Waals surface area (Å²) >= 11 is 3.38. The van der Waals surface area contributed by atoms with Gasteiger partial charge in [-0.25, -0.2) is 9.97 Å². The predicted octanol–water partition coefficient (Wildman–Crippen LogP) is 4.59. The highest BCUT2D eigenvalue weighted by Gasteiger charge is 2.24. The smallest absolute Gasteiger partial charge is 0.208 e. The first kappa shape index (κ1) is 20.1. The van der Waals surface area contributed by atoms with E-state index >= 15 is 0 Å². The largest absolute Gasteiger partial charge is 0.353 e. The maximum Gasteiger partial charge on any atom is 0.208 e. The molecule has 6 nitrogen and oxygen atoms in total. The van der Waals surface area contributed by atoms with E-state index in [9.17, 15) is 0 Å². The second-order valence-electron chi connectivity index (χ2n) is 7.66. The summed E-state index contributed by atoms with van der Waals surface area (Å²) in [5.74, 6) is 1.90. The van der Waals surface area contributed by atoms with Crippen molar-refractivity contribution in [3.63, 3.8) is 0 Å². The number of hydrogen-bond acceptors (Lipinski definition) is 8. The molecule has 0 N–H and O–H groups in total. The molecule has 1 aliphatic heterocycles. The highest BCUT2D eigenvalue weighted by atomic mass is 32.1. The zero-order valence-corrected chi connectivity index (χ0v) is 19.3. The fourth-order valence-electron chi connectivity index (χ4n) is 3.94. The molecule has 8 heteroatoms. The van der Waals surface area contributed by atoms with Crippen molar-refractivity contribution in [2.45, 2.75) is 20.3 Å². The van der Waals surface area contributed by atoms with E-state index in [1.807, 2.05) is 6.92 Å². The molecule has 1 fully saturated rings. The normalized spacial score (nSPS) is 14.3. The third-order valence-electron chi connectivity index (χ3n) is 5.52. The number of thiophene rings is 1. The van der Waals surface area contributed by atoms with Crippen molar-refractivity contribution < 1.29 is 0 Å². The Kier molecular flexibility index (Phi) is 5.65. The molecule has 5 rings (SSSR count). The fraction of sp³-hybridized carbons (Fsp3) is 0.304. The van der Waals surface area contributed by atoms with E-state index in [0.717, 1.165) is 60.1 Å². The van der Waals surface area contributed by atoms with E-state index < -0.39 is 0 Å². The van der Waals surface area contributed by atoms with Gasteiger partial charge in [0.1, 0.15) is 11.6 Å². The van der Waals surface area contributed by atoms with Gasteiger partial charge >= 0.3 is 0 Å². The Morgan fingerprint density at radius 2 is 1.65 bits per heavy atom. The lowest BCUT2D eigenvalue weighted by molar-refractivity contribution is 0.639. The zero-order chi connectivity index (χ0) is 21.2. The topological polar surface area (TPSA) is 58.0 Å². The molecule has 1 saturated heterocycles. The second kappa shape index (κ2) is 8.72. The molecule has 1 aromatic carbocycles. The van der Waals surface area contributed by atoms with Crippen molar-refractivity contribution in [2.75, 3.05) is 36.0 Å². The number of hydrogen-bond donors (Lipinski definition) is 0. The number of aromatic nitrogens is 4. The van der Waals surface area contributed by atoms with Crippen LogP contribution in [0.4, 0.5) is 10.9 Å². The number of piperazine rings is 1. The van der Waals surface area contributed by atoms with Crippen LogP contribution in [0.15, 0.2) is 47.8 Å². The average Bonchev–Trinajstić information content (AvgIpc) is 3.48. The molecular formula is C23H24N6S2. The molecule has 1 aliphatic rings. The van der Waals surface area contributed by atoms with Crippen molar-refractivity contribution >= 4 is 33.6 Å². The molecule has 0 aliphatic carbocycles. The number of nitrogens with zero attached hydrogens (tertiary/aromatic N) is 6. The van der Waals surface area contributed by atoms with Crippen LogP contribution in [0, 0.1) is 13.8 Å². The maximum absolute atomic E-state index is 4.86. The third-order valence-corrected chi connectivity index (χ3v) is 7.55. The first-order chi connectivity index (χ1) is 15.2. The zero-order valence-electron chi connectivity index (χ0n) is 17.7. The summed E-state index contributed by atoms with van der Waals surface area (Å²) in [6, 6.07) is 14.7. The highest BCUT2D eigenvalue weighted by Crippen LogP contribution is 2.32. The first-order valence-electron chi connectivity index (χ1n) is 10.4. The van der Waals surface area contributed by atoms with Crippen molar-refractivity contribution in [1.29, 1.82) is 0 Å². The van der Waals surface area contributed by atoms with E-state index in [4.69, 9.17) is 4.98 Å². The molecule has 0 saturated carbocycles. The van der Waals surface area contributed by atoms with Crippen LogP contribution in [0.25, 0.3) is 9.88 Å². The first-order valence-corrected chi connectivity index (χ1v) is 12.1. The minimum absolute atomic E-state index is 0.830. The Bertz CT molecular complexity index is 1150. The predicted molar refractivity (Wildman–Crippen MR) is 128 cm³/mol. The Morgan fingerprint density at radius 3 is 2.39 bits per heavy atom. The molecule has 4 heterocycles. The summed E-state index contributed by atoms with van der Waals surface area (Å²) < 4.78 is 0. The van der Waals surface area contributed by atoms with E-state index in [2.05, 4.69) is 79.7 Å². The van der Waals surface area contributed by atoms with Gasteiger partial charge in [0, 0.05) is 43.9 Å². The summed E-state index contributed by atoms with van der Waals surface area (Å²) in [6.45, 7) is 7.71. The average molecular weight is 449 g/mol. The van der Waals surface area contributed by atoms with Crippen LogP contribution in [0.1, 0.15) is 22.6 Å². The van der Waals surface area contributed by atoms with Gasteiger partial charge in [0.2, 0.25) is 5.13 Å². The molecule has 3 aromatic heterocycles. The summed E-state index contributed by atoms with van der Waals surface area (Å²) in [5.41, 5.74) is 3.58. The van der Waals surface area contributed by atoms with Gasteiger partial charge in [-0.3, -0.25) is 0 Å². The Balaban J connectivity index is 1.33. The van der Waals surface area contributed by atoms with E-state index in [1.165, 1.54) is 16.0 Å². The number of benzene rings is 1. The van der Waals surface area contributed by atoms with Gasteiger partial charge in [-0.15, -0.1) is 21.5 Å². The third kappa shape index (κ3) is 4.31. The Labute approximate surface area is 190 Å². The van der Waals surface area contributed by atoms with Crippen molar-refractivity contribution in [2.24, 2.45) is 0 Å². The Hall–Kier alpha value is -2.84. The van der Waals surface area contributed by atoms with Crippen LogP contribution in [0.3, 0.4) is 0 Å². The van der Waals surface area contributed by atoms with Crippen LogP contribution in [0.2, 0.25) is 0 Å². The van der Waals surface area contributed by atoms with Crippen LogP contribution >= 0.6 is 22.7 Å². The van der Waals surface area contributed by atoms with Gasteiger partial charge in [-0.05, 0) is 30.9 Å². The van der Waals surface area contributed by atoms with Crippen LogP contribution in [-0.2, 0) is 6.42 Å². The van der Waals surface area contributed by atoms with Crippen LogP contribution in [-0.4, -0.2) is 46.3 Å². The van der Waals surface area contributed by atoms with Crippen LogP contribution in [0.5, 0.6) is 0 Å². The molecule has 0 amide bonds. The van der Waals surface area contributed by atoms with Crippen molar-refractivity contribution in [1.82, 2.24) is 20.2 Å². The summed E-state index contributed by atoms with van der Waals surface area (Å²) in [4.78, 5) is 15.4. The van der Waals surface area contributed by atoms with E-state index in [1.54, 1.807) is 22.7 Å². The molecule has 0 spiro atoms. The van der Waals surface area contributed by atoms with Gasteiger partial charge in [0.15, 0.2) is 5.01 Å². The highest BCUT2D eigenvalue weighted by molar-refractivity contribution is 7.22. The molecule has 0 unspecified atom stereocenters. The quantitative estimate of drug-likeness (QED) is 0.445.